The average Bonchev–Trinajstić information content (AvgIpc) is 2.89. The Labute approximate surface area is 116 Å². The van der Waals surface area contributed by atoms with E-state index in [0.717, 1.165) is 21.6 Å². The van der Waals surface area contributed by atoms with Gasteiger partial charge < -0.3 is 0 Å². The standard InChI is InChI=1S/C16H12N2S/c17-11-13(10-12-6-2-1-3-7-12)16-18-14-8-4-5-9-15(14)19-16/h1-9,13H,10H2. The minimum atomic E-state index is -0.167. The van der Waals surface area contributed by atoms with Crippen molar-refractivity contribution >= 4 is 21.6 Å². The minimum absolute atomic E-state index is 0.167. The molecule has 0 saturated carbocycles. The number of benzene rings is 2. The van der Waals surface area contributed by atoms with Crippen LogP contribution in [0.15, 0.2) is 54.6 Å². The summed E-state index contributed by atoms with van der Waals surface area (Å²) < 4.78 is 1.14. The van der Waals surface area contributed by atoms with Crippen LogP contribution in [0.4, 0.5) is 0 Å². The third kappa shape index (κ3) is 2.49. The van der Waals surface area contributed by atoms with Gasteiger partial charge in [0, 0.05) is 0 Å². The molecule has 0 fully saturated rings. The van der Waals surface area contributed by atoms with Crippen LogP contribution in [0.1, 0.15) is 16.5 Å². The summed E-state index contributed by atoms with van der Waals surface area (Å²) in [4.78, 5) is 4.58. The van der Waals surface area contributed by atoms with E-state index in [1.807, 2.05) is 42.5 Å². The van der Waals surface area contributed by atoms with Gasteiger partial charge in [0.1, 0.15) is 10.9 Å². The summed E-state index contributed by atoms with van der Waals surface area (Å²) in [5, 5.41) is 10.3. The summed E-state index contributed by atoms with van der Waals surface area (Å²) in [7, 11) is 0. The molecule has 0 aliphatic heterocycles. The van der Waals surface area contributed by atoms with Crippen LogP contribution in [0, 0.1) is 11.3 Å². The van der Waals surface area contributed by atoms with Gasteiger partial charge in [0.25, 0.3) is 0 Å². The maximum atomic E-state index is 9.38. The molecule has 92 valence electrons. The Morgan fingerprint density at radius 2 is 1.79 bits per heavy atom. The molecular formula is C16H12N2S. The predicted molar refractivity (Wildman–Crippen MR) is 78.1 cm³/mol. The highest BCUT2D eigenvalue weighted by molar-refractivity contribution is 7.18. The van der Waals surface area contributed by atoms with Crippen molar-refractivity contribution in [3.8, 4) is 6.07 Å². The van der Waals surface area contributed by atoms with Gasteiger partial charge in [-0.05, 0) is 24.1 Å². The zero-order valence-corrected chi connectivity index (χ0v) is 11.1. The van der Waals surface area contributed by atoms with Crippen LogP contribution in [0.2, 0.25) is 0 Å². The number of hydrogen-bond donors (Lipinski definition) is 0. The highest BCUT2D eigenvalue weighted by atomic mass is 32.1. The molecule has 2 nitrogen and oxygen atoms in total. The van der Waals surface area contributed by atoms with Crippen LogP contribution in [0.25, 0.3) is 10.2 Å². The smallest absolute Gasteiger partial charge is 0.111 e. The topological polar surface area (TPSA) is 36.7 Å². The molecule has 1 atom stereocenters. The van der Waals surface area contributed by atoms with Gasteiger partial charge >= 0.3 is 0 Å². The molecule has 0 aliphatic rings. The Morgan fingerprint density at radius 1 is 1.05 bits per heavy atom. The lowest BCUT2D eigenvalue weighted by Gasteiger charge is -2.05. The molecule has 1 aromatic heterocycles. The fourth-order valence-electron chi connectivity index (χ4n) is 2.08. The SMILES string of the molecule is N#CC(Cc1ccccc1)c1nc2ccccc2s1. The largest absolute Gasteiger partial charge is 0.240 e. The number of hydrogen-bond acceptors (Lipinski definition) is 3. The van der Waals surface area contributed by atoms with Gasteiger partial charge in [-0.15, -0.1) is 11.3 Å². The van der Waals surface area contributed by atoms with Gasteiger partial charge in [-0.2, -0.15) is 5.26 Å². The second kappa shape index (κ2) is 5.21. The maximum Gasteiger partial charge on any atom is 0.111 e. The highest BCUT2D eigenvalue weighted by Gasteiger charge is 2.16. The lowest BCUT2D eigenvalue weighted by molar-refractivity contribution is 0.841. The molecule has 2 aromatic carbocycles. The lowest BCUT2D eigenvalue weighted by Crippen LogP contribution is -1.99. The van der Waals surface area contributed by atoms with E-state index in [2.05, 4.69) is 23.2 Å². The number of rotatable bonds is 3. The maximum absolute atomic E-state index is 9.38. The Balaban J connectivity index is 1.92. The van der Waals surface area contributed by atoms with Crippen molar-refractivity contribution in [2.24, 2.45) is 0 Å². The summed E-state index contributed by atoms with van der Waals surface area (Å²) in [5.41, 5.74) is 2.16. The molecule has 0 amide bonds. The Kier molecular flexibility index (Phi) is 3.26. The van der Waals surface area contributed by atoms with Crippen LogP contribution in [-0.2, 0) is 6.42 Å². The first-order valence-electron chi connectivity index (χ1n) is 6.16. The molecule has 0 N–H and O–H groups in total. The third-order valence-corrected chi connectivity index (χ3v) is 4.20. The van der Waals surface area contributed by atoms with Crippen LogP contribution in [-0.4, -0.2) is 4.98 Å². The van der Waals surface area contributed by atoms with E-state index in [1.165, 1.54) is 5.56 Å². The van der Waals surface area contributed by atoms with E-state index in [4.69, 9.17) is 0 Å². The van der Waals surface area contributed by atoms with E-state index >= 15 is 0 Å². The molecule has 1 unspecified atom stereocenters. The van der Waals surface area contributed by atoms with E-state index < -0.39 is 0 Å². The number of aromatic nitrogens is 1. The predicted octanol–water partition coefficient (Wildman–Crippen LogP) is 4.15. The van der Waals surface area contributed by atoms with Crippen LogP contribution < -0.4 is 0 Å². The molecule has 0 aliphatic carbocycles. The summed E-state index contributed by atoms with van der Waals surface area (Å²) in [6, 6.07) is 20.5. The van der Waals surface area contributed by atoms with Crippen molar-refractivity contribution in [1.29, 1.82) is 5.26 Å². The number of para-hydroxylation sites is 1. The van der Waals surface area contributed by atoms with E-state index in [1.54, 1.807) is 11.3 Å². The highest BCUT2D eigenvalue weighted by Crippen LogP contribution is 2.29. The summed E-state index contributed by atoms with van der Waals surface area (Å²) >= 11 is 1.62. The van der Waals surface area contributed by atoms with Gasteiger partial charge in [0.2, 0.25) is 0 Å². The molecule has 0 saturated heterocycles. The number of nitriles is 1. The van der Waals surface area contributed by atoms with Crippen molar-refractivity contribution in [1.82, 2.24) is 4.98 Å². The van der Waals surface area contributed by atoms with Crippen molar-refractivity contribution < 1.29 is 0 Å². The molecule has 0 radical (unpaired) electrons. The number of thiazole rings is 1. The van der Waals surface area contributed by atoms with Crippen molar-refractivity contribution in [2.75, 3.05) is 0 Å². The molecule has 0 bridgehead atoms. The van der Waals surface area contributed by atoms with Gasteiger partial charge in [-0.3, -0.25) is 0 Å². The fraction of sp³-hybridized carbons (Fsp3) is 0.125. The van der Waals surface area contributed by atoms with Crippen molar-refractivity contribution in [3.05, 3.63) is 65.2 Å². The van der Waals surface area contributed by atoms with Gasteiger partial charge in [0.15, 0.2) is 0 Å². The summed E-state index contributed by atoms with van der Waals surface area (Å²) in [5.74, 6) is -0.167. The molecule has 3 rings (SSSR count). The molecule has 3 aromatic rings. The first kappa shape index (κ1) is 11.9. The van der Waals surface area contributed by atoms with Crippen LogP contribution >= 0.6 is 11.3 Å². The van der Waals surface area contributed by atoms with Crippen molar-refractivity contribution in [3.63, 3.8) is 0 Å². The zero-order chi connectivity index (χ0) is 13.1. The van der Waals surface area contributed by atoms with E-state index in [-0.39, 0.29) is 5.92 Å². The molecule has 19 heavy (non-hydrogen) atoms. The quantitative estimate of drug-likeness (QED) is 0.712. The van der Waals surface area contributed by atoms with Crippen LogP contribution in [0.3, 0.4) is 0 Å². The monoisotopic (exact) mass is 264 g/mol. The van der Waals surface area contributed by atoms with E-state index in [0.29, 0.717) is 0 Å². The second-order valence-corrected chi connectivity index (χ2v) is 5.45. The van der Waals surface area contributed by atoms with Gasteiger partial charge in [-0.25, -0.2) is 4.98 Å². The van der Waals surface area contributed by atoms with Crippen molar-refractivity contribution in [2.45, 2.75) is 12.3 Å². The average molecular weight is 264 g/mol. The number of fused-ring (bicyclic) bond motifs is 1. The third-order valence-electron chi connectivity index (χ3n) is 3.05. The molecule has 0 spiro atoms. The fourth-order valence-corrected chi connectivity index (χ4v) is 3.09. The van der Waals surface area contributed by atoms with E-state index in [9.17, 15) is 5.26 Å². The second-order valence-electron chi connectivity index (χ2n) is 4.39. The molecule has 3 heteroatoms. The normalized spacial score (nSPS) is 12.2. The lowest BCUT2D eigenvalue weighted by atomic mass is 10.0. The number of nitrogens with zero attached hydrogens (tertiary/aromatic N) is 2. The van der Waals surface area contributed by atoms with Crippen LogP contribution in [0.5, 0.6) is 0 Å². The zero-order valence-electron chi connectivity index (χ0n) is 10.3. The van der Waals surface area contributed by atoms with Gasteiger partial charge in [0.05, 0.1) is 16.3 Å². The molecule has 1 heterocycles. The first-order valence-corrected chi connectivity index (χ1v) is 6.97. The Morgan fingerprint density at radius 3 is 2.53 bits per heavy atom. The molecular weight excluding hydrogens is 252 g/mol. The first-order chi connectivity index (χ1) is 9.36. The summed E-state index contributed by atoms with van der Waals surface area (Å²) in [6.45, 7) is 0. The Hall–Kier alpha value is -2.18. The Bertz CT molecular complexity index is 692. The summed E-state index contributed by atoms with van der Waals surface area (Å²) in [6.07, 6.45) is 0.719. The minimum Gasteiger partial charge on any atom is -0.240 e. The van der Waals surface area contributed by atoms with Gasteiger partial charge in [-0.1, -0.05) is 42.5 Å².